The largest absolute Gasteiger partial charge is 0.564 e. The van der Waals surface area contributed by atoms with E-state index < -0.39 is 24.1 Å². The fraction of sp³-hybridized carbons (Fsp3) is 1.00. The average Bonchev–Trinajstić information content (AvgIpc) is 1.44. The first kappa shape index (κ1) is 12.2. The summed E-state index contributed by atoms with van der Waals surface area (Å²) in [6.45, 7) is 1.51. The van der Waals surface area contributed by atoms with Crippen LogP contribution in [0.3, 0.4) is 0 Å². The van der Waals surface area contributed by atoms with Gasteiger partial charge in [0, 0.05) is 21.4 Å². The fourth-order valence-electron chi connectivity index (χ4n) is 0.549. The fourth-order valence-corrected chi connectivity index (χ4v) is 18.1. The van der Waals surface area contributed by atoms with Crippen molar-refractivity contribution in [1.29, 1.82) is 0 Å². The lowest BCUT2D eigenvalue weighted by Crippen LogP contribution is -2.48. The smallest absolute Gasteiger partial charge is 0.378 e. The van der Waals surface area contributed by atoms with E-state index in [0.29, 0.717) is 0 Å². The second kappa shape index (κ2) is 3.60. The van der Waals surface area contributed by atoms with Crippen LogP contribution in [0.2, 0.25) is 6.55 Å². The molecule has 1 fully saturated rings. The first-order chi connectivity index (χ1) is 5.12. The van der Waals surface area contributed by atoms with E-state index in [-0.39, 0.29) is 0 Å². The Labute approximate surface area is 96.4 Å². The molecule has 1 rings (SSSR count). The standard InChI is InChI=1S/CH3Cl5O3SSi2/c1-11(4)7-10(2,3)8-12(5,6)9-11/h1H3. The summed E-state index contributed by atoms with van der Waals surface area (Å²) in [5.41, 5.74) is 0. The van der Waals surface area contributed by atoms with E-state index in [0.717, 1.165) is 0 Å². The van der Waals surface area contributed by atoms with E-state index in [1.165, 1.54) is 6.55 Å². The molecule has 3 nitrogen and oxygen atoms in total. The van der Waals surface area contributed by atoms with Gasteiger partial charge in [0.2, 0.25) is 0 Å². The number of halogens is 5. The van der Waals surface area contributed by atoms with E-state index >= 15 is 0 Å². The lowest BCUT2D eigenvalue weighted by molar-refractivity contribution is 0.346. The van der Waals surface area contributed by atoms with Crippen molar-refractivity contribution in [3.63, 3.8) is 0 Å². The number of rotatable bonds is 0. The van der Waals surface area contributed by atoms with Crippen molar-refractivity contribution in [2.75, 3.05) is 0 Å². The van der Waals surface area contributed by atoms with Crippen molar-refractivity contribution in [2.24, 2.45) is 0 Å². The molecule has 0 saturated carbocycles. The average molecular weight is 329 g/mol. The lowest BCUT2D eigenvalue weighted by atomic mass is 11.9. The SMILES string of the molecule is C[Si]1(Cl)O[Si](Cl)(Cl)OS(Cl)(Cl)O1. The van der Waals surface area contributed by atoms with Crippen molar-refractivity contribution >= 4 is 78.7 Å². The zero-order chi connectivity index (χ0) is 9.62. The molecule has 0 N–H and O–H groups in total. The highest BCUT2D eigenvalue weighted by molar-refractivity contribution is 8.60. The molecule has 0 bridgehead atoms. The molecule has 11 heteroatoms. The normalized spacial score (nSPS) is 42.2. The lowest BCUT2D eigenvalue weighted by Gasteiger charge is -2.42. The molecule has 0 aliphatic carbocycles. The van der Waals surface area contributed by atoms with Crippen LogP contribution in [0.25, 0.3) is 0 Å². The van der Waals surface area contributed by atoms with Crippen LogP contribution in [0.1, 0.15) is 0 Å². The van der Waals surface area contributed by atoms with Crippen LogP contribution >= 0.6 is 63.6 Å². The summed E-state index contributed by atoms with van der Waals surface area (Å²) in [4.78, 5) is 0. The predicted octanol–water partition coefficient (Wildman–Crippen LogP) is 3.71. The first-order valence-corrected chi connectivity index (χ1v) is 12.8. The van der Waals surface area contributed by atoms with Crippen molar-refractivity contribution in [1.82, 2.24) is 0 Å². The summed E-state index contributed by atoms with van der Waals surface area (Å²) in [5, 5.41) is 0. The molecule has 1 heterocycles. The molecule has 0 amide bonds. The molecular weight excluding hydrogens is 326 g/mol. The molecule has 0 radical (unpaired) electrons. The molecule has 0 aromatic carbocycles. The monoisotopic (exact) mass is 326 g/mol. The van der Waals surface area contributed by atoms with Crippen LogP contribution in [0.15, 0.2) is 0 Å². The van der Waals surface area contributed by atoms with Crippen LogP contribution in [-0.2, 0) is 11.9 Å². The Bertz CT molecular complexity index is 152. The Balaban J connectivity index is 2.81. The molecule has 74 valence electrons. The highest BCUT2D eigenvalue weighted by Gasteiger charge is 2.56. The Morgan fingerprint density at radius 1 is 1.08 bits per heavy atom. The zero-order valence-corrected chi connectivity index (χ0v) is 12.1. The maximum atomic E-state index is 5.77. The third kappa shape index (κ3) is 3.70. The zero-order valence-electron chi connectivity index (χ0n) is 5.52. The van der Waals surface area contributed by atoms with E-state index in [1.807, 2.05) is 0 Å². The summed E-state index contributed by atoms with van der Waals surface area (Å²) >= 11 is 17.0. The van der Waals surface area contributed by atoms with Crippen molar-refractivity contribution in [3.05, 3.63) is 0 Å². The van der Waals surface area contributed by atoms with Gasteiger partial charge in [0.25, 0.3) is 0 Å². The van der Waals surface area contributed by atoms with Gasteiger partial charge in [-0.15, -0.1) is 0 Å². The van der Waals surface area contributed by atoms with E-state index in [4.69, 9.17) is 66.5 Å². The highest BCUT2D eigenvalue weighted by atomic mass is 36.0. The van der Waals surface area contributed by atoms with E-state index in [2.05, 4.69) is 0 Å². The molecule has 12 heavy (non-hydrogen) atoms. The Hall–Kier alpha value is 2.11. The van der Waals surface area contributed by atoms with Crippen LogP contribution in [0, 0.1) is 0 Å². The Morgan fingerprint density at radius 3 is 1.92 bits per heavy atom. The van der Waals surface area contributed by atoms with Crippen LogP contribution in [-0.4, -0.2) is 15.1 Å². The third-order valence-electron chi connectivity index (χ3n) is 0.741. The third-order valence-corrected chi connectivity index (χ3v) is 12.7. The van der Waals surface area contributed by atoms with Gasteiger partial charge in [0.15, 0.2) is 0 Å². The molecule has 1 saturated heterocycles. The summed E-state index contributed by atoms with van der Waals surface area (Å²) in [6.07, 6.45) is 0. The summed E-state index contributed by atoms with van der Waals surface area (Å²) in [5.74, 6) is 0. The van der Waals surface area contributed by atoms with E-state index in [1.54, 1.807) is 0 Å². The summed E-state index contributed by atoms with van der Waals surface area (Å²) in [7, 11) is 2.13. The van der Waals surface area contributed by atoms with Gasteiger partial charge >= 0.3 is 15.1 Å². The molecule has 0 aromatic rings. The minimum Gasteiger partial charge on any atom is -0.378 e. The van der Waals surface area contributed by atoms with Crippen molar-refractivity contribution < 1.29 is 11.9 Å². The Morgan fingerprint density at radius 2 is 1.58 bits per heavy atom. The van der Waals surface area contributed by atoms with Gasteiger partial charge in [-0.05, 0) is 15.6 Å². The minimum absolute atomic E-state index is 1.51. The highest BCUT2D eigenvalue weighted by Crippen LogP contribution is 2.67. The van der Waals surface area contributed by atoms with Crippen molar-refractivity contribution in [3.8, 4) is 0 Å². The molecule has 1 aliphatic rings. The summed E-state index contributed by atoms with van der Waals surface area (Å²) < 4.78 is 14.7. The predicted molar refractivity (Wildman–Crippen MR) is 57.5 cm³/mol. The molecule has 1 atom stereocenters. The van der Waals surface area contributed by atoms with Crippen LogP contribution in [0.4, 0.5) is 0 Å². The van der Waals surface area contributed by atoms with Gasteiger partial charge in [0.05, 0.1) is 0 Å². The summed E-state index contributed by atoms with van der Waals surface area (Å²) in [6, 6.07) is 0. The van der Waals surface area contributed by atoms with Crippen LogP contribution in [0.5, 0.6) is 0 Å². The molecule has 1 aliphatic heterocycles. The van der Waals surface area contributed by atoms with Gasteiger partial charge in [-0.25, -0.2) is 3.87 Å². The molecule has 0 aromatic heterocycles. The second-order valence-electron chi connectivity index (χ2n) is 1.95. The van der Waals surface area contributed by atoms with Gasteiger partial charge in [-0.1, -0.05) is 33.2 Å². The van der Waals surface area contributed by atoms with Crippen molar-refractivity contribution in [2.45, 2.75) is 6.55 Å². The first-order valence-electron chi connectivity index (χ1n) is 2.53. The van der Waals surface area contributed by atoms with Crippen LogP contribution < -0.4 is 0 Å². The Kier molecular flexibility index (Phi) is 3.66. The number of hydrogen-bond acceptors (Lipinski definition) is 3. The minimum atomic E-state index is -3.34. The molecular formula is CH3Cl5O3SSi2. The van der Waals surface area contributed by atoms with Gasteiger partial charge in [-0.2, -0.15) is 0 Å². The van der Waals surface area contributed by atoms with Gasteiger partial charge < -0.3 is 4.12 Å². The topological polar surface area (TPSA) is 27.7 Å². The molecule has 0 spiro atoms. The van der Waals surface area contributed by atoms with E-state index in [9.17, 15) is 0 Å². The quantitative estimate of drug-likeness (QED) is 0.501. The van der Waals surface area contributed by atoms with Gasteiger partial charge in [-0.3, -0.25) is 3.87 Å². The maximum absolute atomic E-state index is 5.77. The second-order valence-corrected chi connectivity index (χ2v) is 16.0. The van der Waals surface area contributed by atoms with Gasteiger partial charge in [0.1, 0.15) is 0 Å². The molecule has 1 unspecified atom stereocenters. The number of hydrogen-bond donors (Lipinski definition) is 0. The maximum Gasteiger partial charge on any atom is 0.564 e.